The first-order valence-corrected chi connectivity index (χ1v) is 11.9. The van der Waals surface area contributed by atoms with Crippen LogP contribution in [0.4, 0.5) is 10.5 Å². The summed E-state index contributed by atoms with van der Waals surface area (Å²) in [6.07, 6.45) is 1.38. The van der Waals surface area contributed by atoms with E-state index in [1.165, 1.54) is 30.3 Å². The lowest BCUT2D eigenvalue weighted by atomic mass is 10.1. The SMILES string of the molecule is CCOC(=O)c1ccc(N2C(=O)NC(=O)/C(=C\c3ccc(OCc4ccc(Cl)c(Cl)c4)cc3)C2=O)cc1. The maximum Gasteiger partial charge on any atom is 0.338 e. The van der Waals surface area contributed by atoms with Gasteiger partial charge in [-0.25, -0.2) is 14.5 Å². The molecule has 1 fully saturated rings. The molecule has 10 heteroatoms. The second-order valence-corrected chi connectivity index (χ2v) is 8.65. The van der Waals surface area contributed by atoms with E-state index in [4.69, 9.17) is 32.7 Å². The normalized spacial score (nSPS) is 14.5. The molecule has 1 aliphatic rings. The van der Waals surface area contributed by atoms with Crippen LogP contribution in [0.3, 0.4) is 0 Å². The van der Waals surface area contributed by atoms with Crippen molar-refractivity contribution in [2.45, 2.75) is 13.5 Å². The predicted molar refractivity (Wildman–Crippen MR) is 139 cm³/mol. The van der Waals surface area contributed by atoms with Gasteiger partial charge >= 0.3 is 12.0 Å². The number of amides is 4. The molecule has 1 N–H and O–H groups in total. The van der Waals surface area contributed by atoms with E-state index >= 15 is 0 Å². The highest BCUT2D eigenvalue weighted by Gasteiger charge is 2.36. The van der Waals surface area contributed by atoms with E-state index in [2.05, 4.69) is 5.32 Å². The number of imide groups is 2. The summed E-state index contributed by atoms with van der Waals surface area (Å²) in [6, 6.07) is 16.8. The molecular weight excluding hydrogens is 519 g/mol. The third-order valence-corrected chi connectivity index (χ3v) is 6.06. The molecule has 0 aliphatic carbocycles. The average Bonchev–Trinajstić information content (AvgIpc) is 2.88. The number of hydrogen-bond acceptors (Lipinski definition) is 6. The fourth-order valence-electron chi connectivity index (χ4n) is 3.48. The molecule has 0 unspecified atom stereocenters. The molecular formula is C27H20Cl2N2O6. The Morgan fingerprint density at radius 2 is 1.65 bits per heavy atom. The molecule has 188 valence electrons. The number of halogens is 2. The van der Waals surface area contributed by atoms with Gasteiger partial charge in [-0.2, -0.15) is 0 Å². The Morgan fingerprint density at radius 1 is 0.946 bits per heavy atom. The van der Waals surface area contributed by atoms with Gasteiger partial charge in [-0.1, -0.05) is 41.4 Å². The molecule has 4 rings (SSSR count). The summed E-state index contributed by atoms with van der Waals surface area (Å²) in [5.74, 6) is -1.57. The second kappa shape index (κ2) is 11.3. The van der Waals surface area contributed by atoms with Crippen LogP contribution in [0.5, 0.6) is 5.75 Å². The van der Waals surface area contributed by atoms with Gasteiger partial charge in [0, 0.05) is 0 Å². The quantitative estimate of drug-likeness (QED) is 0.245. The van der Waals surface area contributed by atoms with Gasteiger partial charge in [0.05, 0.1) is 27.9 Å². The number of urea groups is 1. The highest BCUT2D eigenvalue weighted by atomic mass is 35.5. The Labute approximate surface area is 222 Å². The van der Waals surface area contributed by atoms with Crippen molar-refractivity contribution < 1.29 is 28.7 Å². The Balaban J connectivity index is 1.49. The largest absolute Gasteiger partial charge is 0.489 e. The van der Waals surface area contributed by atoms with Gasteiger partial charge in [0.15, 0.2) is 0 Å². The summed E-state index contributed by atoms with van der Waals surface area (Å²) in [5.41, 5.74) is 1.62. The predicted octanol–water partition coefficient (Wildman–Crippen LogP) is 5.42. The number of barbiturate groups is 1. The molecule has 0 bridgehead atoms. The fraction of sp³-hybridized carbons (Fsp3) is 0.111. The number of anilines is 1. The number of esters is 1. The molecule has 37 heavy (non-hydrogen) atoms. The minimum Gasteiger partial charge on any atom is -0.489 e. The van der Waals surface area contributed by atoms with Gasteiger partial charge in [0.25, 0.3) is 11.8 Å². The number of ether oxygens (including phenoxy) is 2. The zero-order valence-electron chi connectivity index (χ0n) is 19.5. The number of benzene rings is 3. The Hall–Kier alpha value is -4.14. The molecule has 0 radical (unpaired) electrons. The van der Waals surface area contributed by atoms with Crippen molar-refractivity contribution in [2.75, 3.05) is 11.5 Å². The zero-order valence-corrected chi connectivity index (χ0v) is 21.0. The van der Waals surface area contributed by atoms with Gasteiger partial charge in [0.1, 0.15) is 17.9 Å². The van der Waals surface area contributed by atoms with Crippen LogP contribution in [0.1, 0.15) is 28.4 Å². The number of rotatable bonds is 7. The smallest absolute Gasteiger partial charge is 0.338 e. The average molecular weight is 539 g/mol. The van der Waals surface area contributed by atoms with Crippen LogP contribution in [-0.2, 0) is 20.9 Å². The van der Waals surface area contributed by atoms with E-state index in [1.807, 2.05) is 0 Å². The van der Waals surface area contributed by atoms with Gasteiger partial charge in [-0.3, -0.25) is 14.9 Å². The lowest BCUT2D eigenvalue weighted by molar-refractivity contribution is -0.122. The molecule has 8 nitrogen and oxygen atoms in total. The molecule has 1 heterocycles. The molecule has 1 saturated heterocycles. The monoisotopic (exact) mass is 538 g/mol. The van der Waals surface area contributed by atoms with Crippen LogP contribution < -0.4 is 15.0 Å². The highest BCUT2D eigenvalue weighted by molar-refractivity contribution is 6.42. The van der Waals surface area contributed by atoms with Gasteiger partial charge < -0.3 is 9.47 Å². The van der Waals surface area contributed by atoms with Crippen LogP contribution in [0.25, 0.3) is 6.08 Å². The van der Waals surface area contributed by atoms with Crippen LogP contribution in [0.2, 0.25) is 10.0 Å². The first kappa shape index (κ1) is 25.9. The van der Waals surface area contributed by atoms with Crippen molar-refractivity contribution >= 4 is 58.8 Å². The van der Waals surface area contributed by atoms with E-state index in [9.17, 15) is 19.2 Å². The summed E-state index contributed by atoms with van der Waals surface area (Å²) in [4.78, 5) is 50.7. The fourth-order valence-corrected chi connectivity index (χ4v) is 3.80. The lowest BCUT2D eigenvalue weighted by Crippen LogP contribution is -2.54. The van der Waals surface area contributed by atoms with Crippen molar-refractivity contribution in [1.82, 2.24) is 5.32 Å². The molecule has 0 aromatic heterocycles. The van der Waals surface area contributed by atoms with E-state index in [1.54, 1.807) is 49.4 Å². The van der Waals surface area contributed by atoms with E-state index in [-0.39, 0.29) is 30.0 Å². The number of nitrogens with zero attached hydrogens (tertiary/aromatic N) is 1. The van der Waals surface area contributed by atoms with Crippen LogP contribution in [-0.4, -0.2) is 30.4 Å². The maximum atomic E-state index is 13.1. The third kappa shape index (κ3) is 5.99. The summed E-state index contributed by atoms with van der Waals surface area (Å²) in [6.45, 7) is 2.17. The minimum absolute atomic E-state index is 0.194. The summed E-state index contributed by atoms with van der Waals surface area (Å²) in [5, 5.41) is 3.06. The topological polar surface area (TPSA) is 102 Å². The van der Waals surface area contributed by atoms with Crippen LogP contribution in [0, 0.1) is 0 Å². The number of carbonyl (C=O) groups is 4. The Kier molecular flexibility index (Phi) is 7.91. The molecule has 3 aromatic carbocycles. The first-order chi connectivity index (χ1) is 17.8. The third-order valence-electron chi connectivity index (χ3n) is 5.32. The molecule has 4 amide bonds. The van der Waals surface area contributed by atoms with Gasteiger partial charge in [0.2, 0.25) is 0 Å². The maximum absolute atomic E-state index is 13.1. The van der Waals surface area contributed by atoms with Gasteiger partial charge in [-0.15, -0.1) is 0 Å². The van der Waals surface area contributed by atoms with E-state index < -0.39 is 23.8 Å². The van der Waals surface area contributed by atoms with Crippen molar-refractivity contribution in [1.29, 1.82) is 0 Å². The number of nitrogens with one attached hydrogen (secondary N) is 1. The lowest BCUT2D eigenvalue weighted by Gasteiger charge is -2.26. The van der Waals surface area contributed by atoms with Crippen LogP contribution >= 0.6 is 23.2 Å². The Bertz CT molecular complexity index is 1400. The molecule has 3 aromatic rings. The van der Waals surface area contributed by atoms with Crippen molar-refractivity contribution in [2.24, 2.45) is 0 Å². The number of hydrogen-bond donors (Lipinski definition) is 1. The highest BCUT2D eigenvalue weighted by Crippen LogP contribution is 2.25. The summed E-state index contributed by atoms with van der Waals surface area (Å²) >= 11 is 12.0. The number of carbonyl (C=O) groups excluding carboxylic acids is 4. The van der Waals surface area contributed by atoms with Gasteiger partial charge in [-0.05, 0) is 72.7 Å². The second-order valence-electron chi connectivity index (χ2n) is 7.83. The molecule has 0 saturated carbocycles. The zero-order chi connectivity index (χ0) is 26.5. The Morgan fingerprint density at radius 3 is 2.30 bits per heavy atom. The first-order valence-electron chi connectivity index (χ1n) is 11.1. The van der Waals surface area contributed by atoms with Crippen LogP contribution in [0.15, 0.2) is 72.3 Å². The molecule has 0 atom stereocenters. The summed E-state index contributed by atoms with van der Waals surface area (Å²) in [7, 11) is 0. The standard InChI is InChI=1S/C27H20Cl2N2O6/c1-2-36-26(34)18-6-8-19(9-7-18)31-25(33)21(24(32)30-27(31)35)13-16-3-10-20(11-4-16)37-15-17-5-12-22(28)23(29)14-17/h3-14H,2,15H2,1H3,(H,30,32,35)/b21-13+. The molecule has 0 spiro atoms. The van der Waals surface area contributed by atoms with Crippen molar-refractivity contribution in [3.63, 3.8) is 0 Å². The molecule has 1 aliphatic heterocycles. The summed E-state index contributed by atoms with van der Waals surface area (Å²) < 4.78 is 10.7. The van der Waals surface area contributed by atoms with E-state index in [0.29, 0.717) is 21.4 Å². The van der Waals surface area contributed by atoms with E-state index in [0.717, 1.165) is 10.5 Å². The van der Waals surface area contributed by atoms with Crippen molar-refractivity contribution in [3.8, 4) is 5.75 Å². The minimum atomic E-state index is -0.887. The van der Waals surface area contributed by atoms with Crippen molar-refractivity contribution in [3.05, 3.63) is 99.0 Å².